The minimum Gasteiger partial charge on any atom is -0.314 e. The predicted molar refractivity (Wildman–Crippen MR) is 120 cm³/mol. The van der Waals surface area contributed by atoms with Crippen molar-refractivity contribution in [2.75, 3.05) is 11.9 Å². The number of pyridine rings is 2. The second-order valence-electron chi connectivity index (χ2n) is 7.21. The molecular formula is C24H23ClFN3O2. The van der Waals surface area contributed by atoms with E-state index in [0.717, 1.165) is 11.1 Å². The first kappa shape index (κ1) is 22.6. The number of carbonyl (C=O) groups excluding carboxylic acids is 2. The topological polar surface area (TPSA) is 63.2 Å². The van der Waals surface area contributed by atoms with Crippen molar-refractivity contribution in [3.05, 3.63) is 76.5 Å². The van der Waals surface area contributed by atoms with Crippen molar-refractivity contribution >= 4 is 29.0 Å². The van der Waals surface area contributed by atoms with Crippen LogP contribution in [0.2, 0.25) is 5.02 Å². The SMILES string of the molecule is CCC(=O)N(C)c1ccc(-c2ccc(C(=O)CCc3ccc(F)nc3C)cn2)cc1Cl. The molecule has 0 saturated heterocycles. The van der Waals surface area contributed by atoms with Gasteiger partial charge in [-0.2, -0.15) is 4.39 Å². The number of halogens is 2. The van der Waals surface area contributed by atoms with Crippen molar-refractivity contribution in [3.8, 4) is 11.3 Å². The summed E-state index contributed by atoms with van der Waals surface area (Å²) in [6.07, 6.45) is 2.71. The Morgan fingerprint density at radius 3 is 2.52 bits per heavy atom. The van der Waals surface area contributed by atoms with E-state index in [1.165, 1.54) is 11.0 Å². The summed E-state index contributed by atoms with van der Waals surface area (Å²) in [6, 6.07) is 11.8. The summed E-state index contributed by atoms with van der Waals surface area (Å²) in [5.74, 6) is -0.595. The van der Waals surface area contributed by atoms with Crippen molar-refractivity contribution in [1.29, 1.82) is 0 Å². The number of amides is 1. The molecule has 2 heterocycles. The van der Waals surface area contributed by atoms with E-state index in [1.54, 1.807) is 57.4 Å². The number of nitrogens with zero attached hydrogens (tertiary/aromatic N) is 3. The van der Waals surface area contributed by atoms with Gasteiger partial charge in [0.2, 0.25) is 11.9 Å². The van der Waals surface area contributed by atoms with Crippen LogP contribution in [0.15, 0.2) is 48.7 Å². The van der Waals surface area contributed by atoms with Gasteiger partial charge in [-0.25, -0.2) is 4.98 Å². The van der Waals surface area contributed by atoms with Crippen LogP contribution >= 0.6 is 11.6 Å². The van der Waals surface area contributed by atoms with Crippen molar-refractivity contribution in [3.63, 3.8) is 0 Å². The number of rotatable bonds is 7. The molecule has 3 aromatic rings. The third-order valence-electron chi connectivity index (χ3n) is 5.15. The molecule has 5 nitrogen and oxygen atoms in total. The Labute approximate surface area is 185 Å². The lowest BCUT2D eigenvalue weighted by Gasteiger charge is -2.18. The molecule has 2 aromatic heterocycles. The van der Waals surface area contributed by atoms with Crippen molar-refractivity contribution in [2.24, 2.45) is 0 Å². The highest BCUT2D eigenvalue weighted by Gasteiger charge is 2.14. The second-order valence-corrected chi connectivity index (χ2v) is 7.61. The molecule has 1 aromatic carbocycles. The van der Waals surface area contributed by atoms with Gasteiger partial charge in [0.05, 0.1) is 16.4 Å². The zero-order chi connectivity index (χ0) is 22.5. The molecule has 0 bridgehead atoms. The molecule has 0 fully saturated rings. The van der Waals surface area contributed by atoms with E-state index < -0.39 is 5.95 Å². The van der Waals surface area contributed by atoms with Crippen LogP contribution in [-0.4, -0.2) is 28.7 Å². The van der Waals surface area contributed by atoms with E-state index in [-0.39, 0.29) is 18.1 Å². The van der Waals surface area contributed by atoms with Gasteiger partial charge >= 0.3 is 0 Å². The molecule has 3 rings (SSSR count). The maximum atomic E-state index is 13.1. The third-order valence-corrected chi connectivity index (χ3v) is 5.45. The summed E-state index contributed by atoms with van der Waals surface area (Å²) < 4.78 is 13.1. The van der Waals surface area contributed by atoms with E-state index in [1.807, 2.05) is 6.07 Å². The maximum absolute atomic E-state index is 13.1. The van der Waals surface area contributed by atoms with E-state index >= 15 is 0 Å². The van der Waals surface area contributed by atoms with Gasteiger partial charge in [-0.1, -0.05) is 30.7 Å². The number of Topliss-reactive ketones (excluding diaryl/α,β-unsaturated/α-hetero) is 1. The fourth-order valence-electron chi connectivity index (χ4n) is 3.26. The molecule has 1 amide bonds. The molecule has 7 heteroatoms. The quantitative estimate of drug-likeness (QED) is 0.363. The number of ketones is 1. The van der Waals surface area contributed by atoms with Crippen LogP contribution in [0.3, 0.4) is 0 Å². The van der Waals surface area contributed by atoms with Crippen LogP contribution in [0.5, 0.6) is 0 Å². The Hall–Kier alpha value is -3.12. The van der Waals surface area contributed by atoms with Gasteiger partial charge in [0, 0.05) is 42.9 Å². The zero-order valence-corrected chi connectivity index (χ0v) is 18.4. The first-order valence-corrected chi connectivity index (χ1v) is 10.4. The smallest absolute Gasteiger partial charge is 0.226 e. The summed E-state index contributed by atoms with van der Waals surface area (Å²) in [5, 5.41) is 0.451. The zero-order valence-electron chi connectivity index (χ0n) is 17.7. The lowest BCUT2D eigenvalue weighted by atomic mass is 10.0. The highest BCUT2D eigenvalue weighted by molar-refractivity contribution is 6.34. The number of aromatic nitrogens is 2. The van der Waals surface area contributed by atoms with Crippen LogP contribution < -0.4 is 4.90 Å². The largest absolute Gasteiger partial charge is 0.314 e. The predicted octanol–water partition coefficient (Wildman–Crippen LogP) is 5.43. The molecule has 0 unspecified atom stereocenters. The van der Waals surface area contributed by atoms with Gasteiger partial charge in [-0.3, -0.25) is 14.6 Å². The van der Waals surface area contributed by atoms with Gasteiger partial charge < -0.3 is 4.90 Å². The van der Waals surface area contributed by atoms with Crippen LogP contribution in [0, 0.1) is 12.9 Å². The number of benzene rings is 1. The highest BCUT2D eigenvalue weighted by atomic mass is 35.5. The number of anilines is 1. The van der Waals surface area contributed by atoms with E-state index in [0.29, 0.717) is 40.5 Å². The van der Waals surface area contributed by atoms with Gasteiger partial charge in [-0.15, -0.1) is 0 Å². The molecule has 0 atom stereocenters. The Morgan fingerprint density at radius 2 is 1.90 bits per heavy atom. The van der Waals surface area contributed by atoms with Gasteiger partial charge in [-0.05, 0) is 49.2 Å². The molecule has 0 aliphatic heterocycles. The minimum absolute atomic E-state index is 0.0257. The van der Waals surface area contributed by atoms with Crippen molar-refractivity contribution in [1.82, 2.24) is 9.97 Å². The van der Waals surface area contributed by atoms with Crippen LogP contribution in [0.25, 0.3) is 11.3 Å². The first-order valence-electron chi connectivity index (χ1n) is 9.98. The summed E-state index contributed by atoms with van der Waals surface area (Å²) in [5.41, 5.74) is 4.04. The fourth-order valence-corrected chi connectivity index (χ4v) is 3.56. The molecule has 0 N–H and O–H groups in total. The Morgan fingerprint density at radius 1 is 1.13 bits per heavy atom. The van der Waals surface area contributed by atoms with Gasteiger partial charge in [0.1, 0.15) is 0 Å². The molecule has 160 valence electrons. The molecule has 0 saturated carbocycles. The van der Waals surface area contributed by atoms with E-state index in [2.05, 4.69) is 9.97 Å². The Balaban J connectivity index is 1.70. The lowest BCUT2D eigenvalue weighted by Crippen LogP contribution is -2.25. The second kappa shape index (κ2) is 9.79. The van der Waals surface area contributed by atoms with Crippen molar-refractivity contribution < 1.29 is 14.0 Å². The van der Waals surface area contributed by atoms with E-state index in [4.69, 9.17) is 11.6 Å². The normalized spacial score (nSPS) is 10.7. The monoisotopic (exact) mass is 439 g/mol. The molecule has 0 aliphatic carbocycles. The van der Waals surface area contributed by atoms with Crippen LogP contribution in [-0.2, 0) is 11.2 Å². The third kappa shape index (κ3) is 5.33. The fraction of sp³-hybridized carbons (Fsp3) is 0.250. The Bertz CT molecular complexity index is 1120. The Kier molecular flexibility index (Phi) is 7.13. The highest BCUT2D eigenvalue weighted by Crippen LogP contribution is 2.30. The molecule has 0 radical (unpaired) electrons. The summed E-state index contributed by atoms with van der Waals surface area (Å²) >= 11 is 6.37. The summed E-state index contributed by atoms with van der Waals surface area (Å²) in [7, 11) is 1.69. The number of hydrogen-bond acceptors (Lipinski definition) is 4. The van der Waals surface area contributed by atoms with E-state index in [9.17, 15) is 14.0 Å². The number of carbonyl (C=O) groups is 2. The molecular weight excluding hydrogens is 417 g/mol. The molecule has 0 aliphatic rings. The molecule has 0 spiro atoms. The lowest BCUT2D eigenvalue weighted by molar-refractivity contribution is -0.118. The average molecular weight is 440 g/mol. The number of aryl methyl sites for hydroxylation is 2. The van der Waals surface area contributed by atoms with Crippen molar-refractivity contribution in [2.45, 2.75) is 33.1 Å². The summed E-state index contributed by atoms with van der Waals surface area (Å²) in [6.45, 7) is 3.52. The first-order chi connectivity index (χ1) is 14.8. The standard InChI is InChI=1S/C24H23ClFN3O2/c1-4-24(31)29(3)21-10-6-17(13-19(21)25)20-9-5-18(14-27-20)22(30)11-7-16-8-12-23(26)28-15(16)2/h5-6,8-10,12-14H,4,7,11H2,1-3H3. The summed E-state index contributed by atoms with van der Waals surface area (Å²) in [4.78, 5) is 34.1. The molecule has 31 heavy (non-hydrogen) atoms. The average Bonchev–Trinajstić information content (AvgIpc) is 2.77. The van der Waals surface area contributed by atoms with Crippen LogP contribution in [0.1, 0.15) is 41.4 Å². The van der Waals surface area contributed by atoms with Gasteiger partial charge in [0.25, 0.3) is 0 Å². The van der Waals surface area contributed by atoms with Crippen LogP contribution in [0.4, 0.5) is 10.1 Å². The van der Waals surface area contributed by atoms with Gasteiger partial charge in [0.15, 0.2) is 5.78 Å². The number of hydrogen-bond donors (Lipinski definition) is 0. The minimum atomic E-state index is -0.524. The maximum Gasteiger partial charge on any atom is 0.226 e.